The summed E-state index contributed by atoms with van der Waals surface area (Å²) in [5, 5.41) is 0. The highest BCUT2D eigenvalue weighted by Crippen LogP contribution is 2.16. The molecule has 0 aliphatic carbocycles. The lowest BCUT2D eigenvalue weighted by Crippen LogP contribution is -1.93. The summed E-state index contributed by atoms with van der Waals surface area (Å²) in [4.78, 5) is 13.2. The third kappa shape index (κ3) is 4.08. The van der Waals surface area contributed by atoms with E-state index >= 15 is 0 Å². The van der Waals surface area contributed by atoms with E-state index in [2.05, 4.69) is 15.9 Å². The number of rotatable bonds is 4. The van der Waals surface area contributed by atoms with Crippen LogP contribution in [0.15, 0.2) is 64.0 Å². The van der Waals surface area contributed by atoms with Crippen molar-refractivity contribution >= 4 is 39.6 Å². The van der Waals surface area contributed by atoms with E-state index in [9.17, 15) is 4.79 Å². The van der Waals surface area contributed by atoms with E-state index in [1.807, 2.05) is 60.9 Å². The first-order chi connectivity index (χ1) is 9.19. The van der Waals surface area contributed by atoms with Gasteiger partial charge < -0.3 is 0 Å². The molecule has 0 aliphatic heterocycles. The van der Waals surface area contributed by atoms with Crippen LogP contribution in [-0.2, 0) is 0 Å². The lowest BCUT2D eigenvalue weighted by molar-refractivity contribution is 0.104. The Balaban J connectivity index is 2.11. The SMILES string of the molecule is CSc1ccc(C(=O)C=Cc2cccc(Br)c2)cc1. The largest absolute Gasteiger partial charge is 0.289 e. The molecule has 0 radical (unpaired) electrons. The molecule has 19 heavy (non-hydrogen) atoms. The molecule has 0 N–H and O–H groups in total. The maximum absolute atomic E-state index is 12.0. The number of carbonyl (C=O) groups is 1. The zero-order valence-corrected chi connectivity index (χ0v) is 12.9. The summed E-state index contributed by atoms with van der Waals surface area (Å²) in [5.74, 6) is 0.0210. The summed E-state index contributed by atoms with van der Waals surface area (Å²) in [6, 6.07) is 15.5. The highest BCUT2D eigenvalue weighted by Gasteiger charge is 2.01. The van der Waals surface area contributed by atoms with Crippen LogP contribution < -0.4 is 0 Å². The molecule has 96 valence electrons. The Morgan fingerprint density at radius 3 is 2.53 bits per heavy atom. The Bertz CT molecular complexity index is 602. The lowest BCUT2D eigenvalue weighted by Gasteiger charge is -1.98. The molecule has 0 heterocycles. The molecule has 3 heteroatoms. The van der Waals surface area contributed by atoms with Crippen molar-refractivity contribution in [2.24, 2.45) is 0 Å². The van der Waals surface area contributed by atoms with Crippen molar-refractivity contribution in [1.82, 2.24) is 0 Å². The van der Waals surface area contributed by atoms with Crippen molar-refractivity contribution in [3.63, 3.8) is 0 Å². The quantitative estimate of drug-likeness (QED) is 0.442. The molecule has 2 rings (SSSR count). The topological polar surface area (TPSA) is 17.1 Å². The molecule has 2 aromatic carbocycles. The summed E-state index contributed by atoms with van der Waals surface area (Å²) in [6.45, 7) is 0. The van der Waals surface area contributed by atoms with Gasteiger partial charge >= 0.3 is 0 Å². The third-order valence-corrected chi connectivity index (χ3v) is 3.89. The summed E-state index contributed by atoms with van der Waals surface area (Å²) >= 11 is 5.08. The average Bonchev–Trinajstić information content (AvgIpc) is 2.45. The zero-order valence-electron chi connectivity index (χ0n) is 10.5. The molecule has 0 aromatic heterocycles. The number of carbonyl (C=O) groups excluding carboxylic acids is 1. The number of ketones is 1. The number of halogens is 1. The van der Waals surface area contributed by atoms with Crippen LogP contribution in [0.2, 0.25) is 0 Å². The maximum Gasteiger partial charge on any atom is 0.185 e. The molecule has 2 aromatic rings. The highest BCUT2D eigenvalue weighted by atomic mass is 79.9. The van der Waals surface area contributed by atoms with Gasteiger partial charge in [0.1, 0.15) is 0 Å². The van der Waals surface area contributed by atoms with Gasteiger partial charge in [0, 0.05) is 14.9 Å². The molecule has 0 bridgehead atoms. The molecule has 0 atom stereocenters. The number of hydrogen-bond donors (Lipinski definition) is 0. The normalized spacial score (nSPS) is 10.8. The second-order valence-corrected chi connectivity index (χ2v) is 5.78. The molecule has 0 unspecified atom stereocenters. The average molecular weight is 333 g/mol. The van der Waals surface area contributed by atoms with E-state index in [-0.39, 0.29) is 5.78 Å². The van der Waals surface area contributed by atoms with Crippen molar-refractivity contribution in [3.8, 4) is 0 Å². The van der Waals surface area contributed by atoms with Crippen LogP contribution >= 0.6 is 27.7 Å². The fourth-order valence-electron chi connectivity index (χ4n) is 1.63. The molecular formula is C16H13BrOS. The van der Waals surface area contributed by atoms with E-state index in [0.717, 1.165) is 14.9 Å². The Hall–Kier alpha value is -1.32. The van der Waals surface area contributed by atoms with Crippen molar-refractivity contribution in [3.05, 3.63) is 70.2 Å². The predicted molar refractivity (Wildman–Crippen MR) is 85.7 cm³/mol. The minimum atomic E-state index is 0.0210. The van der Waals surface area contributed by atoms with Gasteiger partial charge in [-0.2, -0.15) is 0 Å². The van der Waals surface area contributed by atoms with Gasteiger partial charge in [0.15, 0.2) is 5.78 Å². The van der Waals surface area contributed by atoms with Crippen molar-refractivity contribution in [2.75, 3.05) is 6.26 Å². The first-order valence-electron chi connectivity index (χ1n) is 5.81. The molecule has 0 saturated heterocycles. The monoisotopic (exact) mass is 332 g/mol. The molecule has 0 saturated carbocycles. The third-order valence-electron chi connectivity index (χ3n) is 2.65. The Kier molecular flexibility index (Phi) is 5.00. The van der Waals surface area contributed by atoms with Gasteiger partial charge in [0.05, 0.1) is 0 Å². The smallest absolute Gasteiger partial charge is 0.185 e. The predicted octanol–water partition coefficient (Wildman–Crippen LogP) is 5.07. The van der Waals surface area contributed by atoms with Crippen molar-refractivity contribution < 1.29 is 4.79 Å². The van der Waals surface area contributed by atoms with E-state index in [0.29, 0.717) is 5.56 Å². The number of benzene rings is 2. The van der Waals surface area contributed by atoms with Crippen LogP contribution in [0.4, 0.5) is 0 Å². The van der Waals surface area contributed by atoms with E-state index in [4.69, 9.17) is 0 Å². The van der Waals surface area contributed by atoms with Crippen molar-refractivity contribution in [1.29, 1.82) is 0 Å². The van der Waals surface area contributed by atoms with Crippen LogP contribution in [0.1, 0.15) is 15.9 Å². The number of allylic oxidation sites excluding steroid dienone is 1. The van der Waals surface area contributed by atoms with E-state index < -0.39 is 0 Å². The van der Waals surface area contributed by atoms with E-state index in [1.165, 1.54) is 0 Å². The molecule has 0 spiro atoms. The molecular weight excluding hydrogens is 320 g/mol. The summed E-state index contributed by atoms with van der Waals surface area (Å²) < 4.78 is 1.01. The minimum Gasteiger partial charge on any atom is -0.289 e. The molecule has 0 aliphatic rings. The molecule has 1 nitrogen and oxygen atoms in total. The van der Waals surface area contributed by atoms with Gasteiger partial charge in [0.2, 0.25) is 0 Å². The second kappa shape index (κ2) is 6.73. The highest BCUT2D eigenvalue weighted by molar-refractivity contribution is 9.10. The fraction of sp³-hybridized carbons (Fsp3) is 0.0625. The van der Waals surface area contributed by atoms with Gasteiger partial charge in [-0.3, -0.25) is 4.79 Å². The first-order valence-corrected chi connectivity index (χ1v) is 7.83. The summed E-state index contributed by atoms with van der Waals surface area (Å²) in [6.07, 6.45) is 5.45. The fourth-order valence-corrected chi connectivity index (χ4v) is 2.46. The summed E-state index contributed by atoms with van der Waals surface area (Å²) in [7, 11) is 0. The van der Waals surface area contributed by atoms with Crippen LogP contribution in [0.25, 0.3) is 6.08 Å². The van der Waals surface area contributed by atoms with Gasteiger partial charge in [-0.05, 0) is 54.3 Å². The van der Waals surface area contributed by atoms with Crippen LogP contribution in [0.3, 0.4) is 0 Å². The van der Waals surface area contributed by atoms with Gasteiger partial charge in [-0.15, -0.1) is 11.8 Å². The standard InChI is InChI=1S/C16H13BrOS/c1-19-15-8-6-13(7-9-15)16(18)10-5-12-3-2-4-14(17)11-12/h2-11H,1H3. The number of thioether (sulfide) groups is 1. The van der Waals surface area contributed by atoms with Crippen LogP contribution in [-0.4, -0.2) is 12.0 Å². The lowest BCUT2D eigenvalue weighted by atomic mass is 10.1. The van der Waals surface area contributed by atoms with E-state index in [1.54, 1.807) is 17.8 Å². The van der Waals surface area contributed by atoms with Gasteiger partial charge in [-0.1, -0.05) is 34.1 Å². The summed E-state index contributed by atoms with van der Waals surface area (Å²) in [5.41, 5.74) is 1.72. The second-order valence-electron chi connectivity index (χ2n) is 3.98. The molecule has 0 fully saturated rings. The van der Waals surface area contributed by atoms with Crippen LogP contribution in [0.5, 0.6) is 0 Å². The zero-order chi connectivity index (χ0) is 13.7. The Morgan fingerprint density at radius 2 is 1.89 bits per heavy atom. The van der Waals surface area contributed by atoms with Crippen molar-refractivity contribution in [2.45, 2.75) is 4.90 Å². The first kappa shape index (κ1) is 14.1. The molecule has 0 amide bonds. The van der Waals surface area contributed by atoms with Crippen LogP contribution in [0, 0.1) is 0 Å². The van der Waals surface area contributed by atoms with Gasteiger partial charge in [-0.25, -0.2) is 0 Å². The number of hydrogen-bond acceptors (Lipinski definition) is 2. The Morgan fingerprint density at radius 1 is 1.16 bits per heavy atom. The minimum absolute atomic E-state index is 0.0210. The maximum atomic E-state index is 12.0. The Labute approximate surface area is 125 Å². The van der Waals surface area contributed by atoms with Gasteiger partial charge in [0.25, 0.3) is 0 Å².